The van der Waals surface area contributed by atoms with E-state index in [9.17, 15) is 9.59 Å². The maximum Gasteiger partial charge on any atom is 0.321 e. The minimum atomic E-state index is -0.777. The average molecular weight is 300 g/mol. The molecule has 0 fully saturated rings. The summed E-state index contributed by atoms with van der Waals surface area (Å²) in [6.45, 7) is 4.30. The maximum absolute atomic E-state index is 11.6. The molecule has 1 heterocycles. The van der Waals surface area contributed by atoms with E-state index in [1.807, 2.05) is 6.92 Å². The topological polar surface area (TPSA) is 104 Å². The van der Waals surface area contributed by atoms with Crippen LogP contribution >= 0.6 is 11.5 Å². The van der Waals surface area contributed by atoms with E-state index in [1.165, 1.54) is 0 Å². The van der Waals surface area contributed by atoms with E-state index in [1.54, 1.807) is 6.92 Å². The number of aromatic nitrogens is 2. The minimum absolute atomic E-state index is 0.175. The molecule has 8 heteroatoms. The predicted octanol–water partition coefficient (Wildman–Crippen LogP) is 2.25. The second-order valence-electron chi connectivity index (χ2n) is 4.52. The molecule has 1 rings (SSSR count). The molecule has 112 valence electrons. The number of nitrogens with zero attached hydrogens (tertiary/aromatic N) is 2. The Morgan fingerprint density at radius 2 is 2.15 bits per heavy atom. The summed E-state index contributed by atoms with van der Waals surface area (Å²) in [7, 11) is 0. The molecule has 0 aliphatic rings. The van der Waals surface area contributed by atoms with Crippen molar-refractivity contribution in [3.63, 3.8) is 0 Å². The molecule has 0 aliphatic carbocycles. The molecular formula is C12H20N4O3S. The highest BCUT2D eigenvalue weighted by atomic mass is 32.1. The zero-order valence-electron chi connectivity index (χ0n) is 11.7. The fourth-order valence-electron chi connectivity index (χ4n) is 1.76. The van der Waals surface area contributed by atoms with E-state index in [2.05, 4.69) is 20.0 Å². The van der Waals surface area contributed by atoms with Crippen LogP contribution in [0.25, 0.3) is 0 Å². The lowest BCUT2D eigenvalue weighted by Gasteiger charge is -2.13. The number of rotatable bonds is 8. The smallest absolute Gasteiger partial charge is 0.321 e. The van der Waals surface area contributed by atoms with Crippen molar-refractivity contribution in [3.05, 3.63) is 5.82 Å². The highest BCUT2D eigenvalue weighted by Crippen LogP contribution is 2.14. The number of carbonyl (C=O) groups is 2. The van der Waals surface area contributed by atoms with Gasteiger partial charge in [0, 0.05) is 24.5 Å². The number of carbonyl (C=O) groups excluding carboxylic acids is 1. The molecule has 7 nitrogen and oxygen atoms in total. The lowest BCUT2D eigenvalue weighted by molar-refractivity contribution is -0.137. The second-order valence-corrected chi connectivity index (χ2v) is 5.27. The number of hydrogen-bond acceptors (Lipinski definition) is 5. The summed E-state index contributed by atoms with van der Waals surface area (Å²) in [5.74, 6) is 0.168. The molecule has 2 amide bonds. The van der Waals surface area contributed by atoms with Gasteiger partial charge in [0.15, 0.2) is 0 Å². The summed E-state index contributed by atoms with van der Waals surface area (Å²) in [6, 6.07) is -0.311. The summed E-state index contributed by atoms with van der Waals surface area (Å²) in [5, 5.41) is 14.5. The maximum atomic E-state index is 11.6. The first kappa shape index (κ1) is 16.4. The summed E-state index contributed by atoms with van der Waals surface area (Å²) < 4.78 is 3.96. The summed E-state index contributed by atoms with van der Waals surface area (Å²) in [4.78, 5) is 26.1. The quantitative estimate of drug-likeness (QED) is 0.683. The van der Waals surface area contributed by atoms with Crippen LogP contribution in [0.15, 0.2) is 0 Å². The van der Waals surface area contributed by atoms with Gasteiger partial charge in [0.2, 0.25) is 5.13 Å². The van der Waals surface area contributed by atoms with Gasteiger partial charge in [0.25, 0.3) is 0 Å². The molecular weight excluding hydrogens is 280 g/mol. The van der Waals surface area contributed by atoms with Crippen LogP contribution < -0.4 is 10.6 Å². The Kier molecular flexibility index (Phi) is 6.92. The highest BCUT2D eigenvalue weighted by Gasteiger charge is 2.10. The van der Waals surface area contributed by atoms with Crippen molar-refractivity contribution in [1.82, 2.24) is 14.7 Å². The third-order valence-electron chi connectivity index (χ3n) is 2.93. The number of nitrogens with one attached hydrogen (secondary N) is 2. The van der Waals surface area contributed by atoms with Gasteiger partial charge < -0.3 is 10.4 Å². The zero-order chi connectivity index (χ0) is 15.0. The van der Waals surface area contributed by atoms with Crippen molar-refractivity contribution in [2.45, 2.75) is 39.5 Å². The molecule has 1 aromatic heterocycles. The third-order valence-corrected chi connectivity index (χ3v) is 3.65. The molecule has 20 heavy (non-hydrogen) atoms. The molecule has 0 aromatic carbocycles. The van der Waals surface area contributed by atoms with Crippen LogP contribution in [0.4, 0.5) is 9.93 Å². The number of anilines is 1. The van der Waals surface area contributed by atoms with Crippen LogP contribution in [0.2, 0.25) is 0 Å². The first-order chi connectivity index (χ1) is 9.51. The Hall–Kier alpha value is -1.70. The van der Waals surface area contributed by atoms with Crippen LogP contribution in [0, 0.1) is 12.8 Å². The minimum Gasteiger partial charge on any atom is -0.481 e. The Morgan fingerprint density at radius 1 is 1.40 bits per heavy atom. The average Bonchev–Trinajstić information content (AvgIpc) is 2.78. The molecule has 0 aliphatic heterocycles. The fourth-order valence-corrected chi connectivity index (χ4v) is 2.33. The Balaban J connectivity index is 2.21. The fraction of sp³-hybridized carbons (Fsp3) is 0.667. The van der Waals surface area contributed by atoms with Crippen LogP contribution in [0.5, 0.6) is 0 Å². The Morgan fingerprint density at radius 3 is 2.70 bits per heavy atom. The third kappa shape index (κ3) is 6.46. The molecule has 0 radical (unpaired) electrons. The van der Waals surface area contributed by atoms with Gasteiger partial charge in [-0.2, -0.15) is 4.37 Å². The Labute approximate surface area is 122 Å². The molecule has 1 atom stereocenters. The van der Waals surface area contributed by atoms with Crippen molar-refractivity contribution < 1.29 is 14.7 Å². The number of amides is 2. The van der Waals surface area contributed by atoms with Gasteiger partial charge in [0.1, 0.15) is 5.82 Å². The zero-order valence-corrected chi connectivity index (χ0v) is 12.5. The van der Waals surface area contributed by atoms with Gasteiger partial charge >= 0.3 is 12.0 Å². The van der Waals surface area contributed by atoms with Gasteiger partial charge in [0.05, 0.1) is 0 Å². The normalized spacial score (nSPS) is 11.9. The monoisotopic (exact) mass is 300 g/mol. The Bertz CT molecular complexity index is 450. The molecule has 1 aromatic rings. The van der Waals surface area contributed by atoms with Crippen molar-refractivity contribution in [3.8, 4) is 0 Å². The van der Waals surface area contributed by atoms with Crippen molar-refractivity contribution in [1.29, 1.82) is 0 Å². The summed E-state index contributed by atoms with van der Waals surface area (Å²) in [6.07, 6.45) is 2.50. The van der Waals surface area contributed by atoms with Gasteiger partial charge in [-0.3, -0.25) is 10.1 Å². The van der Waals surface area contributed by atoms with Gasteiger partial charge in [-0.15, -0.1) is 0 Å². The number of aryl methyl sites for hydroxylation is 1. The standard InChI is InChI=1S/C12H20N4O3S/c1-3-9(4-5-10(17)18)6-7-13-11(19)15-12-14-8(2)16-20-12/h9H,3-7H2,1-2H3,(H,17,18)(H2,13,14,15,16,19). The van der Waals surface area contributed by atoms with Crippen LogP contribution in [0.3, 0.4) is 0 Å². The van der Waals surface area contributed by atoms with E-state index in [-0.39, 0.29) is 12.5 Å². The highest BCUT2D eigenvalue weighted by molar-refractivity contribution is 7.09. The number of hydrogen-bond donors (Lipinski definition) is 3. The van der Waals surface area contributed by atoms with E-state index in [4.69, 9.17) is 5.11 Å². The molecule has 0 spiro atoms. The number of aliphatic carboxylic acids is 1. The van der Waals surface area contributed by atoms with E-state index < -0.39 is 5.97 Å². The molecule has 3 N–H and O–H groups in total. The van der Waals surface area contributed by atoms with E-state index in [0.29, 0.717) is 29.8 Å². The van der Waals surface area contributed by atoms with Crippen LogP contribution in [-0.2, 0) is 4.79 Å². The largest absolute Gasteiger partial charge is 0.481 e. The molecule has 0 bridgehead atoms. The summed E-state index contributed by atoms with van der Waals surface area (Å²) in [5.41, 5.74) is 0. The first-order valence-corrected chi connectivity index (χ1v) is 7.35. The van der Waals surface area contributed by atoms with E-state index >= 15 is 0 Å². The van der Waals surface area contributed by atoms with Gasteiger partial charge in [-0.1, -0.05) is 13.3 Å². The van der Waals surface area contributed by atoms with Crippen molar-refractivity contribution in [2.24, 2.45) is 5.92 Å². The SMILES string of the molecule is CCC(CCNC(=O)Nc1nc(C)ns1)CCC(=O)O. The van der Waals surface area contributed by atoms with Gasteiger partial charge in [-0.25, -0.2) is 9.78 Å². The second kappa shape index (κ2) is 8.47. The molecule has 1 unspecified atom stereocenters. The number of urea groups is 1. The first-order valence-electron chi connectivity index (χ1n) is 6.58. The summed E-state index contributed by atoms with van der Waals surface area (Å²) >= 11 is 1.14. The lowest BCUT2D eigenvalue weighted by atomic mass is 9.97. The lowest BCUT2D eigenvalue weighted by Crippen LogP contribution is -2.30. The number of carboxylic acids is 1. The molecule has 0 saturated heterocycles. The van der Waals surface area contributed by atoms with Crippen molar-refractivity contribution in [2.75, 3.05) is 11.9 Å². The van der Waals surface area contributed by atoms with E-state index in [0.717, 1.165) is 24.4 Å². The number of carboxylic acid groups (broad SMARTS) is 1. The molecule has 0 saturated carbocycles. The van der Waals surface area contributed by atoms with Crippen molar-refractivity contribution >= 4 is 28.7 Å². The van der Waals surface area contributed by atoms with Crippen LogP contribution in [-0.4, -0.2) is 33.0 Å². The predicted molar refractivity (Wildman–Crippen MR) is 76.9 cm³/mol. The van der Waals surface area contributed by atoms with Crippen LogP contribution in [0.1, 0.15) is 38.4 Å². The van der Waals surface area contributed by atoms with Gasteiger partial charge in [-0.05, 0) is 25.7 Å².